The second-order valence-electron chi connectivity index (χ2n) is 5.68. The van der Waals surface area contributed by atoms with E-state index in [1.54, 1.807) is 0 Å². The van der Waals surface area contributed by atoms with Crippen molar-refractivity contribution in [3.8, 4) is 0 Å². The Balaban J connectivity index is 2.04. The first-order chi connectivity index (χ1) is 9.61. The van der Waals surface area contributed by atoms with Crippen LogP contribution in [0.1, 0.15) is 51.0 Å². The molecule has 0 unspecified atom stereocenters. The van der Waals surface area contributed by atoms with Crippen molar-refractivity contribution >= 4 is 5.83 Å². The third-order valence-corrected chi connectivity index (χ3v) is 4.21. The molecule has 2 rings (SSSR count). The molecule has 0 aliphatic heterocycles. The first-order valence-electron chi connectivity index (χ1n) is 7.43. The van der Waals surface area contributed by atoms with Crippen LogP contribution in [0.2, 0.25) is 0 Å². The van der Waals surface area contributed by atoms with Crippen LogP contribution in [0, 0.1) is 17.7 Å². The molecule has 0 bridgehead atoms. The quantitative estimate of drug-likeness (QED) is 0.631. The van der Waals surface area contributed by atoms with Gasteiger partial charge in [-0.05, 0) is 55.9 Å². The topological polar surface area (TPSA) is 0 Å². The number of halogens is 3. The highest BCUT2D eigenvalue weighted by atomic mass is 19.2. The Morgan fingerprint density at radius 1 is 1.05 bits per heavy atom. The van der Waals surface area contributed by atoms with E-state index in [0.717, 1.165) is 31.4 Å². The van der Waals surface area contributed by atoms with Crippen LogP contribution in [0.25, 0.3) is 5.83 Å². The minimum Gasteiger partial charge on any atom is -0.208 e. The van der Waals surface area contributed by atoms with Crippen LogP contribution in [0.3, 0.4) is 0 Å². The molecule has 0 atom stereocenters. The predicted molar refractivity (Wildman–Crippen MR) is 75.9 cm³/mol. The van der Waals surface area contributed by atoms with Gasteiger partial charge in [0, 0.05) is 11.5 Å². The van der Waals surface area contributed by atoms with Crippen LogP contribution in [0.15, 0.2) is 30.1 Å². The van der Waals surface area contributed by atoms with Crippen LogP contribution in [0.4, 0.5) is 13.2 Å². The zero-order chi connectivity index (χ0) is 14.5. The van der Waals surface area contributed by atoms with Gasteiger partial charge in [0.05, 0.1) is 0 Å². The molecule has 20 heavy (non-hydrogen) atoms. The SMILES string of the molecule is CCCC1CCC(/C(F)=C(/F)c2ccc(F)cc2)CC1. The van der Waals surface area contributed by atoms with E-state index in [-0.39, 0.29) is 11.5 Å². The monoisotopic (exact) mass is 282 g/mol. The van der Waals surface area contributed by atoms with Gasteiger partial charge in [-0.25, -0.2) is 13.2 Å². The maximum Gasteiger partial charge on any atom is 0.162 e. The summed E-state index contributed by atoms with van der Waals surface area (Å²) in [7, 11) is 0. The molecule has 1 aliphatic rings. The van der Waals surface area contributed by atoms with Crippen molar-refractivity contribution in [3.05, 3.63) is 41.5 Å². The Morgan fingerprint density at radius 3 is 2.20 bits per heavy atom. The van der Waals surface area contributed by atoms with Crippen LogP contribution in [0.5, 0.6) is 0 Å². The van der Waals surface area contributed by atoms with Crippen molar-refractivity contribution in [2.75, 3.05) is 0 Å². The fourth-order valence-corrected chi connectivity index (χ4v) is 3.03. The minimum atomic E-state index is -0.830. The van der Waals surface area contributed by atoms with Crippen molar-refractivity contribution in [2.45, 2.75) is 45.4 Å². The van der Waals surface area contributed by atoms with Crippen molar-refractivity contribution in [2.24, 2.45) is 11.8 Å². The Bertz CT molecular complexity index is 454. The fourth-order valence-electron chi connectivity index (χ4n) is 3.03. The number of hydrogen-bond donors (Lipinski definition) is 0. The normalized spacial score (nSPS) is 24.4. The van der Waals surface area contributed by atoms with E-state index < -0.39 is 17.5 Å². The average molecular weight is 282 g/mol. The van der Waals surface area contributed by atoms with E-state index in [2.05, 4.69) is 6.92 Å². The number of benzene rings is 1. The van der Waals surface area contributed by atoms with Crippen LogP contribution in [-0.2, 0) is 0 Å². The van der Waals surface area contributed by atoms with Crippen LogP contribution in [-0.4, -0.2) is 0 Å². The first-order valence-corrected chi connectivity index (χ1v) is 7.43. The molecule has 110 valence electrons. The molecule has 3 heteroatoms. The fraction of sp³-hybridized carbons (Fsp3) is 0.529. The second-order valence-corrected chi connectivity index (χ2v) is 5.68. The molecule has 1 saturated carbocycles. The van der Waals surface area contributed by atoms with Gasteiger partial charge in [-0.3, -0.25) is 0 Å². The maximum atomic E-state index is 14.2. The van der Waals surface area contributed by atoms with Gasteiger partial charge in [-0.2, -0.15) is 0 Å². The van der Waals surface area contributed by atoms with Gasteiger partial charge < -0.3 is 0 Å². The van der Waals surface area contributed by atoms with Crippen molar-refractivity contribution in [3.63, 3.8) is 0 Å². The first kappa shape index (κ1) is 15.1. The van der Waals surface area contributed by atoms with E-state index in [1.165, 1.54) is 18.6 Å². The second kappa shape index (κ2) is 6.96. The van der Waals surface area contributed by atoms with Gasteiger partial charge >= 0.3 is 0 Å². The van der Waals surface area contributed by atoms with E-state index in [9.17, 15) is 13.2 Å². The molecule has 0 saturated heterocycles. The number of hydrogen-bond acceptors (Lipinski definition) is 0. The molecule has 1 fully saturated rings. The van der Waals surface area contributed by atoms with Gasteiger partial charge in [0.15, 0.2) is 5.83 Å². The van der Waals surface area contributed by atoms with E-state index in [0.29, 0.717) is 18.8 Å². The third kappa shape index (κ3) is 3.65. The van der Waals surface area contributed by atoms with E-state index >= 15 is 0 Å². The van der Waals surface area contributed by atoms with Gasteiger partial charge in [0.25, 0.3) is 0 Å². The molecule has 0 amide bonds. The standard InChI is InChI=1S/C17H21F3/c1-2-3-12-4-6-13(7-5-12)16(19)17(20)14-8-10-15(18)11-9-14/h8-13H,2-7H2,1H3/b17-16-. The lowest BCUT2D eigenvalue weighted by Crippen LogP contribution is -2.15. The van der Waals surface area contributed by atoms with Gasteiger partial charge in [0.2, 0.25) is 0 Å². The average Bonchev–Trinajstić information content (AvgIpc) is 2.48. The highest BCUT2D eigenvalue weighted by molar-refractivity contribution is 5.61. The summed E-state index contributed by atoms with van der Waals surface area (Å²) in [6, 6.07) is 4.88. The molecule has 0 nitrogen and oxygen atoms in total. The molecule has 1 aromatic carbocycles. The molecule has 1 aromatic rings. The largest absolute Gasteiger partial charge is 0.208 e. The Hall–Kier alpha value is -1.25. The number of allylic oxidation sites excluding steroid dienone is 1. The molecule has 0 aromatic heterocycles. The van der Waals surface area contributed by atoms with Gasteiger partial charge in [-0.15, -0.1) is 0 Å². The number of rotatable bonds is 4. The van der Waals surface area contributed by atoms with E-state index in [4.69, 9.17) is 0 Å². The van der Waals surface area contributed by atoms with Crippen LogP contribution >= 0.6 is 0 Å². The summed E-state index contributed by atoms with van der Waals surface area (Å²) in [4.78, 5) is 0. The highest BCUT2D eigenvalue weighted by Gasteiger charge is 2.26. The lowest BCUT2D eigenvalue weighted by Gasteiger charge is -2.27. The lowest BCUT2D eigenvalue weighted by atomic mass is 9.79. The minimum absolute atomic E-state index is 0.125. The summed E-state index contributed by atoms with van der Waals surface area (Å²) < 4.78 is 41.1. The summed E-state index contributed by atoms with van der Waals surface area (Å²) in [5, 5.41) is 0. The summed E-state index contributed by atoms with van der Waals surface area (Å²) in [5.74, 6) is -1.58. The molecule has 0 heterocycles. The van der Waals surface area contributed by atoms with Crippen LogP contribution < -0.4 is 0 Å². The Kier molecular flexibility index (Phi) is 5.27. The summed E-state index contributed by atoms with van der Waals surface area (Å²) in [6.07, 6.45) is 5.71. The lowest BCUT2D eigenvalue weighted by molar-refractivity contribution is 0.261. The Morgan fingerprint density at radius 2 is 1.65 bits per heavy atom. The summed E-state index contributed by atoms with van der Waals surface area (Å²) in [6.45, 7) is 2.15. The molecular weight excluding hydrogens is 261 g/mol. The third-order valence-electron chi connectivity index (χ3n) is 4.21. The van der Waals surface area contributed by atoms with Crippen molar-refractivity contribution in [1.29, 1.82) is 0 Å². The summed E-state index contributed by atoms with van der Waals surface area (Å²) >= 11 is 0. The van der Waals surface area contributed by atoms with Gasteiger partial charge in [-0.1, -0.05) is 19.8 Å². The smallest absolute Gasteiger partial charge is 0.162 e. The molecule has 1 aliphatic carbocycles. The zero-order valence-electron chi connectivity index (χ0n) is 11.8. The molecule has 0 spiro atoms. The summed E-state index contributed by atoms with van der Waals surface area (Å²) in [5.41, 5.74) is 0.125. The van der Waals surface area contributed by atoms with Crippen molar-refractivity contribution in [1.82, 2.24) is 0 Å². The molecule has 0 radical (unpaired) electrons. The van der Waals surface area contributed by atoms with Crippen molar-refractivity contribution < 1.29 is 13.2 Å². The molecular formula is C17H21F3. The molecule has 0 N–H and O–H groups in total. The van der Waals surface area contributed by atoms with Gasteiger partial charge in [0.1, 0.15) is 11.6 Å². The maximum absolute atomic E-state index is 14.2. The van der Waals surface area contributed by atoms with E-state index in [1.807, 2.05) is 0 Å². The highest BCUT2D eigenvalue weighted by Crippen LogP contribution is 2.38. The predicted octanol–water partition coefficient (Wildman–Crippen LogP) is 6.04. The zero-order valence-corrected chi connectivity index (χ0v) is 11.8. The Labute approximate surface area is 118 Å².